The maximum absolute atomic E-state index is 14.0. The minimum absolute atomic E-state index is 0.0188. The van der Waals surface area contributed by atoms with Crippen LogP contribution in [0.3, 0.4) is 0 Å². The molecule has 0 spiro atoms. The molecular formula is C18H21ClFN3O3. The van der Waals surface area contributed by atoms with Crippen LogP contribution in [-0.2, 0) is 4.79 Å². The zero-order valence-corrected chi connectivity index (χ0v) is 15.1. The van der Waals surface area contributed by atoms with Gasteiger partial charge < -0.3 is 15.7 Å². The van der Waals surface area contributed by atoms with Crippen LogP contribution in [0, 0.1) is 18.2 Å². The van der Waals surface area contributed by atoms with E-state index in [4.69, 9.17) is 23.1 Å². The van der Waals surface area contributed by atoms with Crippen molar-refractivity contribution in [2.75, 3.05) is 13.1 Å². The van der Waals surface area contributed by atoms with Crippen molar-refractivity contribution in [3.05, 3.63) is 34.6 Å². The fraction of sp³-hybridized carbons (Fsp3) is 0.444. The van der Waals surface area contributed by atoms with Crippen molar-refractivity contribution in [1.29, 1.82) is 0 Å². The van der Waals surface area contributed by atoms with Gasteiger partial charge in [-0.25, -0.2) is 9.18 Å². The third kappa shape index (κ3) is 5.10. The molecule has 0 saturated heterocycles. The van der Waals surface area contributed by atoms with Gasteiger partial charge in [0.1, 0.15) is 11.9 Å². The van der Waals surface area contributed by atoms with Crippen molar-refractivity contribution in [2.24, 2.45) is 0 Å². The molecule has 2 amide bonds. The molecule has 2 rings (SSSR count). The van der Waals surface area contributed by atoms with Crippen LogP contribution in [0.5, 0.6) is 0 Å². The van der Waals surface area contributed by atoms with Gasteiger partial charge in [0.25, 0.3) is 0 Å². The number of carbonyl (C=O) groups is 2. The molecule has 0 bridgehead atoms. The summed E-state index contributed by atoms with van der Waals surface area (Å²) in [5.41, 5.74) is 0.164. The number of amides is 2. The van der Waals surface area contributed by atoms with Crippen molar-refractivity contribution < 1.29 is 19.1 Å². The molecule has 0 aliphatic heterocycles. The number of likely N-dealkylation sites (N-methyl/N-ethyl adjacent to an activating group) is 1. The van der Waals surface area contributed by atoms with E-state index < -0.39 is 23.9 Å². The average Bonchev–Trinajstić information content (AvgIpc) is 2.54. The highest BCUT2D eigenvalue weighted by Gasteiger charge is 2.34. The summed E-state index contributed by atoms with van der Waals surface area (Å²) in [5, 5.41) is 14.5. The monoisotopic (exact) mass is 381 g/mol. The fourth-order valence-electron chi connectivity index (χ4n) is 2.98. The number of nitrogens with one attached hydrogen (secondary N) is 2. The number of hydrogen-bond donors (Lipinski definition) is 3. The summed E-state index contributed by atoms with van der Waals surface area (Å²) >= 11 is 5.72. The normalized spacial score (nSPS) is 20.0. The zero-order valence-electron chi connectivity index (χ0n) is 14.3. The van der Waals surface area contributed by atoms with Crippen LogP contribution < -0.4 is 10.6 Å². The maximum Gasteiger partial charge on any atom is 0.317 e. The fourth-order valence-corrected chi connectivity index (χ4v) is 3.14. The van der Waals surface area contributed by atoms with Gasteiger partial charge in [-0.05, 0) is 31.5 Å². The van der Waals surface area contributed by atoms with E-state index >= 15 is 0 Å². The molecular weight excluding hydrogens is 361 g/mol. The number of carboxylic acid groups (broad SMARTS) is 1. The van der Waals surface area contributed by atoms with E-state index in [9.17, 15) is 14.0 Å². The van der Waals surface area contributed by atoms with Gasteiger partial charge in [-0.3, -0.25) is 9.69 Å². The molecule has 140 valence electrons. The molecule has 8 heteroatoms. The Morgan fingerprint density at radius 3 is 2.73 bits per heavy atom. The van der Waals surface area contributed by atoms with E-state index in [0.717, 1.165) is 6.07 Å². The summed E-state index contributed by atoms with van der Waals surface area (Å²) in [6, 6.07) is 2.72. The van der Waals surface area contributed by atoms with E-state index in [-0.39, 0.29) is 29.2 Å². The highest BCUT2D eigenvalue weighted by Crippen LogP contribution is 2.26. The molecule has 1 aromatic carbocycles. The molecule has 1 fully saturated rings. The van der Waals surface area contributed by atoms with Gasteiger partial charge in [0.05, 0.1) is 6.54 Å². The Morgan fingerprint density at radius 2 is 2.19 bits per heavy atom. The number of benzene rings is 1. The minimum Gasteiger partial charge on any atom is -0.480 e. The molecule has 3 N–H and O–H groups in total. The summed E-state index contributed by atoms with van der Waals surface area (Å²) in [6.45, 7) is 2.51. The van der Waals surface area contributed by atoms with Crippen LogP contribution in [-0.4, -0.2) is 47.2 Å². The van der Waals surface area contributed by atoms with Crippen LogP contribution >= 0.6 is 11.6 Å². The van der Waals surface area contributed by atoms with Crippen LogP contribution in [0.4, 0.5) is 9.18 Å². The van der Waals surface area contributed by atoms with E-state index in [1.54, 1.807) is 0 Å². The summed E-state index contributed by atoms with van der Waals surface area (Å²) in [5.74, 6) is 0.889. The zero-order chi connectivity index (χ0) is 19.3. The van der Waals surface area contributed by atoms with Gasteiger partial charge in [-0.1, -0.05) is 30.5 Å². The highest BCUT2D eigenvalue weighted by atomic mass is 35.5. The molecule has 1 unspecified atom stereocenters. The number of rotatable bonds is 7. The van der Waals surface area contributed by atoms with E-state index in [0.29, 0.717) is 19.4 Å². The van der Waals surface area contributed by atoms with Crippen LogP contribution in [0.25, 0.3) is 0 Å². The molecule has 1 aromatic rings. The molecule has 0 aromatic heterocycles. The topological polar surface area (TPSA) is 81.7 Å². The number of nitrogens with zero attached hydrogens (tertiary/aromatic N) is 1. The second-order valence-corrected chi connectivity index (χ2v) is 6.60. The van der Waals surface area contributed by atoms with Gasteiger partial charge in [0.15, 0.2) is 0 Å². The standard InChI is InChI=1S/C18H21ClFN3O3/c1-3-16(14-6-5-11(19)7-15(14)20)22-18(26)21-12-8-13(9-12)23(4-2)10-17(24)25/h1,5-7,12-13,16H,4,8-10H2,2H3,(H,24,25)(H2,21,22,26). The van der Waals surface area contributed by atoms with Crippen molar-refractivity contribution in [1.82, 2.24) is 15.5 Å². The first-order chi connectivity index (χ1) is 12.3. The lowest BCUT2D eigenvalue weighted by molar-refractivity contribution is -0.139. The van der Waals surface area contributed by atoms with E-state index in [2.05, 4.69) is 16.6 Å². The SMILES string of the molecule is C#CC(NC(=O)NC1CC(N(CC)CC(=O)O)C1)c1ccc(Cl)cc1F. The molecule has 1 saturated carbocycles. The first-order valence-electron chi connectivity index (χ1n) is 8.28. The molecule has 6 nitrogen and oxygen atoms in total. The molecule has 0 heterocycles. The van der Waals surface area contributed by atoms with Crippen LogP contribution in [0.1, 0.15) is 31.4 Å². The summed E-state index contributed by atoms with van der Waals surface area (Å²) in [7, 11) is 0. The van der Waals surface area contributed by atoms with Gasteiger partial charge in [-0.15, -0.1) is 6.42 Å². The highest BCUT2D eigenvalue weighted by molar-refractivity contribution is 6.30. The molecule has 1 atom stereocenters. The molecule has 1 aliphatic rings. The predicted molar refractivity (Wildman–Crippen MR) is 96.3 cm³/mol. The van der Waals surface area contributed by atoms with Gasteiger partial charge in [-0.2, -0.15) is 0 Å². The largest absolute Gasteiger partial charge is 0.480 e. The number of hydrogen-bond acceptors (Lipinski definition) is 3. The predicted octanol–water partition coefficient (Wildman–Crippen LogP) is 2.39. The van der Waals surface area contributed by atoms with E-state index in [1.807, 2.05) is 11.8 Å². The Bertz CT molecular complexity index is 716. The van der Waals surface area contributed by atoms with Crippen molar-refractivity contribution in [3.8, 4) is 12.3 Å². The average molecular weight is 382 g/mol. The van der Waals surface area contributed by atoms with Crippen molar-refractivity contribution >= 4 is 23.6 Å². The number of urea groups is 1. The molecule has 0 radical (unpaired) electrons. The number of aliphatic carboxylic acids is 1. The smallest absolute Gasteiger partial charge is 0.317 e. The quantitative estimate of drug-likeness (QED) is 0.633. The summed E-state index contributed by atoms with van der Waals surface area (Å²) in [4.78, 5) is 24.8. The van der Waals surface area contributed by atoms with E-state index in [1.165, 1.54) is 12.1 Å². The second kappa shape index (κ2) is 8.88. The minimum atomic E-state index is -0.915. The van der Waals surface area contributed by atoms with Gasteiger partial charge in [0, 0.05) is 22.7 Å². The Labute approximate surface area is 156 Å². The first-order valence-corrected chi connectivity index (χ1v) is 8.65. The van der Waals surface area contributed by atoms with Gasteiger partial charge in [0.2, 0.25) is 0 Å². The van der Waals surface area contributed by atoms with Crippen LogP contribution in [0.2, 0.25) is 5.02 Å². The molecule has 26 heavy (non-hydrogen) atoms. The third-order valence-corrected chi connectivity index (χ3v) is 4.66. The number of carboxylic acids is 1. The van der Waals surface area contributed by atoms with Crippen molar-refractivity contribution in [2.45, 2.75) is 37.9 Å². The lowest BCUT2D eigenvalue weighted by atomic mass is 9.85. The number of terminal acetylenes is 1. The summed E-state index contributed by atoms with van der Waals surface area (Å²) < 4.78 is 14.0. The van der Waals surface area contributed by atoms with Gasteiger partial charge >= 0.3 is 12.0 Å². The Hall–Kier alpha value is -2.30. The Kier molecular flexibility index (Phi) is 6.83. The molecule has 1 aliphatic carbocycles. The lowest BCUT2D eigenvalue weighted by Crippen LogP contribution is -2.56. The second-order valence-electron chi connectivity index (χ2n) is 6.16. The third-order valence-electron chi connectivity index (χ3n) is 4.42. The van der Waals surface area contributed by atoms with Crippen molar-refractivity contribution in [3.63, 3.8) is 0 Å². The van der Waals surface area contributed by atoms with Crippen LogP contribution in [0.15, 0.2) is 18.2 Å². The number of carbonyl (C=O) groups excluding carboxylic acids is 1. The Balaban J connectivity index is 1.85. The maximum atomic E-state index is 14.0. The summed E-state index contributed by atoms with van der Waals surface area (Å²) in [6.07, 6.45) is 6.72. The number of halogens is 2. The first kappa shape index (κ1) is 20.0. The lowest BCUT2D eigenvalue weighted by Gasteiger charge is -2.42. The Morgan fingerprint density at radius 1 is 1.50 bits per heavy atom.